The van der Waals surface area contributed by atoms with E-state index in [0.717, 1.165) is 0 Å². The predicted octanol–water partition coefficient (Wildman–Crippen LogP) is 0.714. The Bertz CT molecular complexity index is 461. The first-order valence-corrected chi connectivity index (χ1v) is 5.23. The average molecular weight is 254 g/mol. The fourth-order valence-corrected chi connectivity index (χ4v) is 1.33. The summed E-state index contributed by atoms with van der Waals surface area (Å²) in [7, 11) is 1.32. The largest absolute Gasteiger partial charge is 0.496 e. The molecule has 1 aromatic carbocycles. The van der Waals surface area contributed by atoms with Crippen molar-refractivity contribution in [3.05, 3.63) is 33.9 Å². The van der Waals surface area contributed by atoms with Crippen molar-refractivity contribution < 1.29 is 19.6 Å². The van der Waals surface area contributed by atoms with Crippen molar-refractivity contribution in [3.8, 4) is 5.75 Å². The van der Waals surface area contributed by atoms with Gasteiger partial charge < -0.3 is 15.2 Å². The number of hydrogen-bond donors (Lipinski definition) is 2. The van der Waals surface area contributed by atoms with Crippen LogP contribution in [0.4, 0.5) is 5.69 Å². The Morgan fingerprint density at radius 3 is 2.78 bits per heavy atom. The average Bonchev–Trinajstić information content (AvgIpc) is 2.37. The molecule has 0 aromatic heterocycles. The maximum absolute atomic E-state index is 11.8. The van der Waals surface area contributed by atoms with Crippen LogP contribution >= 0.6 is 0 Å². The topological polar surface area (TPSA) is 102 Å². The minimum atomic E-state index is -0.569. The number of amides is 1. The van der Waals surface area contributed by atoms with E-state index in [1.54, 1.807) is 6.92 Å². The van der Waals surface area contributed by atoms with E-state index in [9.17, 15) is 14.9 Å². The molecule has 18 heavy (non-hydrogen) atoms. The Hall–Kier alpha value is -2.15. The van der Waals surface area contributed by atoms with Gasteiger partial charge in [-0.3, -0.25) is 14.9 Å². The van der Waals surface area contributed by atoms with Gasteiger partial charge >= 0.3 is 0 Å². The number of carbonyl (C=O) groups excluding carboxylic acids is 1. The van der Waals surface area contributed by atoms with Crippen molar-refractivity contribution in [1.82, 2.24) is 5.32 Å². The lowest BCUT2D eigenvalue weighted by Gasteiger charge is -2.12. The lowest BCUT2D eigenvalue weighted by molar-refractivity contribution is -0.384. The normalized spacial score (nSPS) is 11.7. The van der Waals surface area contributed by atoms with Crippen LogP contribution < -0.4 is 10.1 Å². The molecule has 1 rings (SSSR count). The monoisotopic (exact) mass is 254 g/mol. The third-order valence-electron chi connectivity index (χ3n) is 2.29. The number of nitrogens with zero attached hydrogens (tertiary/aromatic N) is 1. The van der Waals surface area contributed by atoms with E-state index in [4.69, 9.17) is 9.84 Å². The highest BCUT2D eigenvalue weighted by atomic mass is 16.6. The van der Waals surface area contributed by atoms with Crippen molar-refractivity contribution in [2.75, 3.05) is 13.7 Å². The van der Waals surface area contributed by atoms with Crippen LogP contribution in [0.25, 0.3) is 0 Å². The molecule has 1 atom stereocenters. The number of aliphatic hydroxyl groups excluding tert-OH is 1. The number of carbonyl (C=O) groups is 1. The molecule has 0 heterocycles. The van der Waals surface area contributed by atoms with E-state index in [1.165, 1.54) is 25.3 Å². The van der Waals surface area contributed by atoms with E-state index >= 15 is 0 Å². The summed E-state index contributed by atoms with van der Waals surface area (Å²) in [4.78, 5) is 21.8. The van der Waals surface area contributed by atoms with Gasteiger partial charge in [-0.25, -0.2) is 0 Å². The Morgan fingerprint density at radius 1 is 1.61 bits per heavy atom. The molecule has 0 saturated carbocycles. The second-order valence-corrected chi connectivity index (χ2v) is 3.70. The van der Waals surface area contributed by atoms with Crippen molar-refractivity contribution in [2.24, 2.45) is 0 Å². The summed E-state index contributed by atoms with van der Waals surface area (Å²) in [5.74, 6) is -0.338. The molecular formula is C11H14N2O5. The molecule has 98 valence electrons. The zero-order valence-corrected chi connectivity index (χ0v) is 10.0. The van der Waals surface area contributed by atoms with Gasteiger partial charge in [0.15, 0.2) is 0 Å². The van der Waals surface area contributed by atoms with Gasteiger partial charge in [-0.1, -0.05) is 0 Å². The molecule has 0 unspecified atom stereocenters. The maximum Gasteiger partial charge on any atom is 0.273 e. The standard InChI is InChI=1S/C11H14N2O5/c1-7(6-14)12-11(15)9-4-3-8(13(16)17)5-10(9)18-2/h3-5,7,14H,6H2,1-2H3,(H,12,15)/t7-/m0/s1. The van der Waals surface area contributed by atoms with E-state index in [0.29, 0.717) is 0 Å². The molecule has 1 amide bonds. The van der Waals surface area contributed by atoms with Gasteiger partial charge in [-0.05, 0) is 13.0 Å². The van der Waals surface area contributed by atoms with Gasteiger partial charge in [0.1, 0.15) is 5.75 Å². The molecule has 0 saturated heterocycles. The van der Waals surface area contributed by atoms with Gasteiger partial charge in [0.05, 0.1) is 30.3 Å². The molecule has 7 nitrogen and oxygen atoms in total. The number of methoxy groups -OCH3 is 1. The van der Waals surface area contributed by atoms with Gasteiger partial charge in [0.2, 0.25) is 0 Å². The summed E-state index contributed by atoms with van der Waals surface area (Å²) >= 11 is 0. The number of nitrogens with one attached hydrogen (secondary N) is 1. The van der Waals surface area contributed by atoms with Crippen molar-refractivity contribution in [3.63, 3.8) is 0 Å². The molecule has 0 aliphatic carbocycles. The minimum absolute atomic E-state index is 0.117. The van der Waals surface area contributed by atoms with Crippen molar-refractivity contribution in [1.29, 1.82) is 0 Å². The molecule has 0 aliphatic heterocycles. The third kappa shape index (κ3) is 3.17. The molecule has 0 bridgehead atoms. The summed E-state index contributed by atoms with van der Waals surface area (Å²) in [6.07, 6.45) is 0. The molecule has 7 heteroatoms. The Labute approximate surface area is 104 Å². The molecule has 2 N–H and O–H groups in total. The number of aliphatic hydroxyl groups is 1. The van der Waals surface area contributed by atoms with Crippen molar-refractivity contribution in [2.45, 2.75) is 13.0 Å². The van der Waals surface area contributed by atoms with Crippen LogP contribution in [-0.2, 0) is 0 Å². The van der Waals surface area contributed by atoms with Crippen LogP contribution in [0.15, 0.2) is 18.2 Å². The van der Waals surface area contributed by atoms with Gasteiger partial charge in [-0.15, -0.1) is 0 Å². The molecular weight excluding hydrogens is 240 g/mol. The van der Waals surface area contributed by atoms with Crippen LogP contribution in [0, 0.1) is 10.1 Å². The highest BCUT2D eigenvalue weighted by molar-refractivity contribution is 5.97. The molecule has 1 aromatic rings. The number of non-ortho nitro benzene ring substituents is 1. The van der Waals surface area contributed by atoms with E-state index < -0.39 is 16.9 Å². The first kappa shape index (κ1) is 13.9. The molecule has 0 radical (unpaired) electrons. The van der Waals surface area contributed by atoms with Crippen LogP contribution in [-0.4, -0.2) is 35.7 Å². The van der Waals surface area contributed by atoms with E-state index in [1.807, 2.05) is 0 Å². The highest BCUT2D eigenvalue weighted by Gasteiger charge is 2.17. The van der Waals surface area contributed by atoms with Crippen LogP contribution in [0.3, 0.4) is 0 Å². The second kappa shape index (κ2) is 5.97. The summed E-state index contributed by atoms with van der Waals surface area (Å²) in [5.41, 5.74) is 0.0296. The number of ether oxygens (including phenoxy) is 1. The zero-order chi connectivity index (χ0) is 13.7. The lowest BCUT2D eigenvalue weighted by Crippen LogP contribution is -2.35. The van der Waals surface area contributed by atoms with Gasteiger partial charge in [-0.2, -0.15) is 0 Å². The first-order chi connectivity index (χ1) is 8.49. The van der Waals surface area contributed by atoms with Crippen LogP contribution in [0.5, 0.6) is 5.75 Å². The summed E-state index contributed by atoms with van der Waals surface area (Å²) in [5, 5.41) is 22.0. The fourth-order valence-electron chi connectivity index (χ4n) is 1.33. The lowest BCUT2D eigenvalue weighted by atomic mass is 10.1. The summed E-state index contributed by atoms with van der Waals surface area (Å²) in [6.45, 7) is 1.44. The number of benzene rings is 1. The zero-order valence-electron chi connectivity index (χ0n) is 10.0. The maximum atomic E-state index is 11.8. The minimum Gasteiger partial charge on any atom is -0.496 e. The smallest absolute Gasteiger partial charge is 0.273 e. The number of nitro benzene ring substituents is 1. The van der Waals surface area contributed by atoms with Crippen molar-refractivity contribution >= 4 is 11.6 Å². The predicted molar refractivity (Wildman–Crippen MR) is 63.7 cm³/mol. The molecule has 0 fully saturated rings. The second-order valence-electron chi connectivity index (χ2n) is 3.70. The van der Waals surface area contributed by atoms with Crippen LogP contribution in [0.1, 0.15) is 17.3 Å². The van der Waals surface area contributed by atoms with Gasteiger partial charge in [0, 0.05) is 12.1 Å². The molecule has 0 aliphatic rings. The SMILES string of the molecule is COc1cc([N+](=O)[O-])ccc1C(=O)N[C@@H](C)CO. The Balaban J connectivity index is 3.02. The highest BCUT2D eigenvalue weighted by Crippen LogP contribution is 2.24. The van der Waals surface area contributed by atoms with Gasteiger partial charge in [0.25, 0.3) is 11.6 Å². The number of hydrogen-bond acceptors (Lipinski definition) is 5. The summed E-state index contributed by atoms with van der Waals surface area (Å²) < 4.78 is 4.94. The first-order valence-electron chi connectivity index (χ1n) is 5.23. The number of rotatable bonds is 5. The Morgan fingerprint density at radius 2 is 2.28 bits per heavy atom. The van der Waals surface area contributed by atoms with E-state index in [-0.39, 0.29) is 23.6 Å². The quantitative estimate of drug-likeness (QED) is 0.595. The fraction of sp³-hybridized carbons (Fsp3) is 0.364. The molecule has 0 spiro atoms. The Kier molecular flexibility index (Phi) is 4.61. The number of nitro groups is 1. The third-order valence-corrected chi connectivity index (χ3v) is 2.29. The summed E-state index contributed by atoms with van der Waals surface area (Å²) in [6, 6.07) is 3.31. The van der Waals surface area contributed by atoms with Crippen LogP contribution in [0.2, 0.25) is 0 Å². The van der Waals surface area contributed by atoms with E-state index in [2.05, 4.69) is 5.32 Å².